The first kappa shape index (κ1) is 24.4. The van der Waals surface area contributed by atoms with Gasteiger partial charge in [0.05, 0.1) is 6.04 Å². The molecule has 154 valence electrons. The zero-order valence-corrected chi connectivity index (χ0v) is 18.0. The average molecular weight is 424 g/mol. The summed E-state index contributed by atoms with van der Waals surface area (Å²) >= 11 is 0. The molecule has 1 atom stereocenters. The molecule has 4 nitrogen and oxygen atoms in total. The highest BCUT2D eigenvalue weighted by Crippen LogP contribution is 2.23. The first-order valence-electron chi connectivity index (χ1n) is 9.53. The molecule has 1 unspecified atom stereocenters. The van der Waals surface area contributed by atoms with Crippen LogP contribution in [0.3, 0.4) is 0 Å². The van der Waals surface area contributed by atoms with Gasteiger partial charge in [-0.25, -0.2) is 0 Å². The lowest BCUT2D eigenvalue weighted by atomic mass is 9.89. The molecule has 0 radical (unpaired) electrons. The maximum atomic E-state index is 12.6. The van der Waals surface area contributed by atoms with Crippen molar-refractivity contribution in [3.63, 3.8) is 0 Å². The van der Waals surface area contributed by atoms with Gasteiger partial charge in [0.15, 0.2) is 0 Å². The molecule has 28 heavy (non-hydrogen) atoms. The van der Waals surface area contributed by atoms with E-state index in [1.807, 2.05) is 31.2 Å². The second kappa shape index (κ2) is 12.1. The number of nitrogens with one attached hydrogen (secondary N) is 1. The van der Waals surface area contributed by atoms with E-state index in [9.17, 15) is 4.79 Å². The fourth-order valence-corrected chi connectivity index (χ4v) is 3.63. The van der Waals surface area contributed by atoms with Crippen LogP contribution in [-0.4, -0.2) is 29.9 Å². The number of benzene rings is 2. The fraction of sp³-hybridized carbons (Fsp3) is 0.409. The van der Waals surface area contributed by atoms with Crippen molar-refractivity contribution < 1.29 is 4.79 Å². The van der Waals surface area contributed by atoms with Crippen LogP contribution in [0.25, 0.3) is 0 Å². The van der Waals surface area contributed by atoms with Gasteiger partial charge >= 0.3 is 0 Å². The Morgan fingerprint density at radius 1 is 1.04 bits per heavy atom. The van der Waals surface area contributed by atoms with Crippen molar-refractivity contribution in [1.29, 1.82) is 0 Å². The minimum Gasteiger partial charge on any atom is -0.326 e. The van der Waals surface area contributed by atoms with Gasteiger partial charge in [-0.1, -0.05) is 42.5 Å². The Morgan fingerprint density at radius 2 is 1.64 bits per heavy atom. The Hall–Kier alpha value is -1.59. The van der Waals surface area contributed by atoms with Crippen molar-refractivity contribution >= 4 is 36.4 Å². The second-order valence-electron chi connectivity index (χ2n) is 7.24. The van der Waals surface area contributed by atoms with Gasteiger partial charge in [0.1, 0.15) is 0 Å². The van der Waals surface area contributed by atoms with Gasteiger partial charge in [-0.3, -0.25) is 9.69 Å². The molecule has 1 saturated heterocycles. The number of carbonyl (C=O) groups excluding carboxylic acids is 1. The molecule has 1 heterocycles. The number of hydrogen-bond acceptors (Lipinski definition) is 3. The smallest absolute Gasteiger partial charge is 0.241 e. The van der Waals surface area contributed by atoms with Gasteiger partial charge < -0.3 is 11.1 Å². The summed E-state index contributed by atoms with van der Waals surface area (Å²) in [6.45, 7) is 4.49. The summed E-state index contributed by atoms with van der Waals surface area (Å²) in [6, 6.07) is 18.3. The number of anilines is 1. The van der Waals surface area contributed by atoms with Crippen molar-refractivity contribution in [2.24, 2.45) is 11.7 Å². The van der Waals surface area contributed by atoms with E-state index >= 15 is 0 Å². The Labute approximate surface area is 180 Å². The van der Waals surface area contributed by atoms with Crippen molar-refractivity contribution in [3.8, 4) is 0 Å². The van der Waals surface area contributed by atoms with Crippen LogP contribution >= 0.6 is 24.8 Å². The topological polar surface area (TPSA) is 58.4 Å². The van der Waals surface area contributed by atoms with Crippen LogP contribution < -0.4 is 11.1 Å². The lowest BCUT2D eigenvalue weighted by Crippen LogP contribution is -2.46. The van der Waals surface area contributed by atoms with Crippen LogP contribution in [0.5, 0.6) is 0 Å². The van der Waals surface area contributed by atoms with Crippen LogP contribution in [0, 0.1) is 5.92 Å². The van der Waals surface area contributed by atoms with Gasteiger partial charge in [-0.2, -0.15) is 0 Å². The third-order valence-electron chi connectivity index (χ3n) is 5.40. The highest BCUT2D eigenvalue weighted by Gasteiger charge is 2.26. The van der Waals surface area contributed by atoms with Crippen molar-refractivity contribution in [1.82, 2.24) is 4.90 Å². The predicted octanol–water partition coefficient (Wildman–Crippen LogP) is 4.27. The molecule has 0 bridgehead atoms. The summed E-state index contributed by atoms with van der Waals surface area (Å²) in [5.41, 5.74) is 8.92. The van der Waals surface area contributed by atoms with Crippen molar-refractivity contribution in [2.75, 3.05) is 18.4 Å². The molecule has 3 rings (SSSR count). The van der Waals surface area contributed by atoms with E-state index in [0.29, 0.717) is 12.5 Å². The quantitative estimate of drug-likeness (QED) is 0.728. The Morgan fingerprint density at radius 3 is 2.21 bits per heavy atom. The maximum Gasteiger partial charge on any atom is 0.241 e. The summed E-state index contributed by atoms with van der Waals surface area (Å²) in [5.74, 6) is 0.778. The third-order valence-corrected chi connectivity index (χ3v) is 5.40. The van der Waals surface area contributed by atoms with E-state index in [0.717, 1.165) is 43.6 Å². The zero-order valence-electron chi connectivity index (χ0n) is 16.3. The molecule has 0 aliphatic carbocycles. The van der Waals surface area contributed by atoms with Crippen LogP contribution in [0.4, 0.5) is 5.69 Å². The number of piperidine rings is 1. The van der Waals surface area contributed by atoms with E-state index in [4.69, 9.17) is 5.73 Å². The summed E-state index contributed by atoms with van der Waals surface area (Å²) in [5, 5.41) is 3.02. The third kappa shape index (κ3) is 6.78. The molecule has 0 saturated carbocycles. The van der Waals surface area contributed by atoms with Gasteiger partial charge in [0, 0.05) is 12.2 Å². The second-order valence-corrected chi connectivity index (χ2v) is 7.24. The van der Waals surface area contributed by atoms with Gasteiger partial charge in [0.25, 0.3) is 0 Å². The number of halogens is 2. The zero-order chi connectivity index (χ0) is 18.4. The van der Waals surface area contributed by atoms with Crippen LogP contribution in [0.2, 0.25) is 0 Å². The summed E-state index contributed by atoms with van der Waals surface area (Å²) < 4.78 is 0. The van der Waals surface area contributed by atoms with Gasteiger partial charge in [0.2, 0.25) is 5.91 Å². The molecule has 1 aliphatic rings. The lowest BCUT2D eigenvalue weighted by molar-refractivity contribution is -0.121. The van der Waals surface area contributed by atoms with E-state index in [1.54, 1.807) is 0 Å². The molecular formula is C22H31Cl2N3O. The fourth-order valence-electron chi connectivity index (χ4n) is 3.63. The van der Waals surface area contributed by atoms with E-state index < -0.39 is 0 Å². The molecule has 2 aromatic rings. The van der Waals surface area contributed by atoms with Gasteiger partial charge in [-0.05, 0) is 68.5 Å². The minimum atomic E-state index is -0.109. The molecule has 6 heteroatoms. The number of nitrogens with zero attached hydrogens (tertiary/aromatic N) is 1. The average Bonchev–Trinajstić information content (AvgIpc) is 2.69. The SMILES string of the molecule is CC(C(=O)Nc1ccc(CN)cc1)N1CCC(Cc2ccccc2)CC1.Cl.Cl. The molecule has 1 aliphatic heterocycles. The Kier molecular flexibility index (Phi) is 10.5. The highest BCUT2D eigenvalue weighted by molar-refractivity contribution is 5.94. The summed E-state index contributed by atoms with van der Waals surface area (Å²) in [4.78, 5) is 14.9. The lowest BCUT2D eigenvalue weighted by Gasteiger charge is -2.35. The van der Waals surface area contributed by atoms with Gasteiger partial charge in [-0.15, -0.1) is 24.8 Å². The van der Waals surface area contributed by atoms with Crippen LogP contribution in [-0.2, 0) is 17.8 Å². The van der Waals surface area contributed by atoms with Crippen LogP contribution in [0.1, 0.15) is 30.9 Å². The monoisotopic (exact) mass is 423 g/mol. The van der Waals surface area contributed by atoms with Crippen LogP contribution in [0.15, 0.2) is 54.6 Å². The standard InChI is InChI=1S/C22H29N3O.2ClH/c1-17(22(26)24-21-9-7-20(16-23)8-10-21)25-13-11-19(12-14-25)15-18-5-3-2-4-6-18;;/h2-10,17,19H,11-16,23H2,1H3,(H,24,26);2*1H. The summed E-state index contributed by atoms with van der Waals surface area (Å²) in [7, 11) is 0. The minimum absolute atomic E-state index is 0. The predicted molar refractivity (Wildman–Crippen MR) is 121 cm³/mol. The molecule has 3 N–H and O–H groups in total. The van der Waals surface area contributed by atoms with E-state index in [2.05, 4.69) is 40.5 Å². The Balaban J connectivity index is 0.00000196. The van der Waals surface area contributed by atoms with Crippen molar-refractivity contribution in [3.05, 3.63) is 65.7 Å². The molecule has 0 spiro atoms. The molecule has 1 amide bonds. The maximum absolute atomic E-state index is 12.6. The largest absolute Gasteiger partial charge is 0.326 e. The Bertz CT molecular complexity index is 701. The van der Waals surface area contributed by atoms with E-state index in [1.165, 1.54) is 5.56 Å². The first-order valence-corrected chi connectivity index (χ1v) is 9.53. The molecule has 0 aromatic heterocycles. The summed E-state index contributed by atoms with van der Waals surface area (Å²) in [6.07, 6.45) is 3.44. The number of hydrogen-bond donors (Lipinski definition) is 2. The molecular weight excluding hydrogens is 393 g/mol. The highest BCUT2D eigenvalue weighted by atomic mass is 35.5. The first-order chi connectivity index (χ1) is 12.7. The number of amides is 1. The number of rotatable bonds is 6. The number of nitrogens with two attached hydrogens (primary N) is 1. The van der Waals surface area contributed by atoms with E-state index in [-0.39, 0.29) is 36.8 Å². The molecule has 2 aromatic carbocycles. The van der Waals surface area contributed by atoms with Crippen molar-refractivity contribution in [2.45, 2.75) is 38.8 Å². The normalized spacial score (nSPS) is 15.8. The number of likely N-dealkylation sites (tertiary alicyclic amines) is 1. The number of carbonyl (C=O) groups is 1. The molecule has 1 fully saturated rings.